The molecule has 116 valence electrons. The average molecular weight is 301 g/mol. The normalized spacial score (nSPS) is 18.3. The van der Waals surface area contributed by atoms with E-state index >= 15 is 0 Å². The largest absolute Gasteiger partial charge is 0.573 e. The number of Topliss-reactive ketones (excluding diaryl/α,β-unsaturated/α-hetero) is 1. The van der Waals surface area contributed by atoms with Crippen LogP contribution < -0.4 is 10.5 Å². The molecule has 1 aromatic rings. The number of benzene rings is 1. The summed E-state index contributed by atoms with van der Waals surface area (Å²) < 4.78 is 40.4. The summed E-state index contributed by atoms with van der Waals surface area (Å²) in [6.07, 6.45) is 0.0294. The third-order valence-corrected chi connectivity index (χ3v) is 3.75. The van der Waals surface area contributed by atoms with Gasteiger partial charge >= 0.3 is 6.36 Å². The van der Waals surface area contributed by atoms with Gasteiger partial charge in [-0.25, -0.2) is 0 Å². The van der Waals surface area contributed by atoms with Crippen LogP contribution in [0.4, 0.5) is 13.2 Å². The fourth-order valence-corrected chi connectivity index (χ4v) is 2.72. The molecule has 0 amide bonds. The zero-order valence-electron chi connectivity index (χ0n) is 11.6. The predicted molar refractivity (Wildman–Crippen MR) is 72.1 cm³/mol. The van der Waals surface area contributed by atoms with Gasteiger partial charge in [-0.2, -0.15) is 0 Å². The molecule has 0 atom stereocenters. The number of alkyl halides is 3. The molecule has 0 aromatic heterocycles. The summed E-state index contributed by atoms with van der Waals surface area (Å²) in [4.78, 5) is 12.2. The molecule has 0 aliphatic heterocycles. The lowest BCUT2D eigenvalue weighted by Gasteiger charge is -2.32. The Balaban J connectivity index is 2.07. The van der Waals surface area contributed by atoms with Gasteiger partial charge in [-0.1, -0.05) is 31.4 Å². The SMILES string of the molecule is NC1(CC(=O)c2cccc(OC(F)(F)F)c2)CCCCC1. The topological polar surface area (TPSA) is 52.3 Å². The zero-order chi connectivity index (χ0) is 15.5. The second-order valence-corrected chi connectivity index (χ2v) is 5.60. The van der Waals surface area contributed by atoms with Crippen molar-refractivity contribution in [3.05, 3.63) is 29.8 Å². The molecule has 0 bridgehead atoms. The molecule has 21 heavy (non-hydrogen) atoms. The molecule has 1 saturated carbocycles. The van der Waals surface area contributed by atoms with Crippen LogP contribution in [-0.2, 0) is 0 Å². The molecule has 0 unspecified atom stereocenters. The monoisotopic (exact) mass is 301 g/mol. The zero-order valence-corrected chi connectivity index (χ0v) is 11.6. The summed E-state index contributed by atoms with van der Waals surface area (Å²) in [5.41, 5.74) is 5.87. The third kappa shape index (κ3) is 4.74. The maximum Gasteiger partial charge on any atom is 0.573 e. The average Bonchev–Trinajstić information content (AvgIpc) is 2.37. The number of hydrogen-bond donors (Lipinski definition) is 1. The molecular weight excluding hydrogens is 283 g/mol. The number of ketones is 1. The minimum atomic E-state index is -4.76. The minimum Gasteiger partial charge on any atom is -0.406 e. The fourth-order valence-electron chi connectivity index (χ4n) is 2.72. The first-order valence-corrected chi connectivity index (χ1v) is 6.95. The fraction of sp³-hybridized carbons (Fsp3) is 0.533. The Hall–Kier alpha value is -1.56. The van der Waals surface area contributed by atoms with E-state index in [-0.39, 0.29) is 23.5 Å². The van der Waals surface area contributed by atoms with Crippen molar-refractivity contribution in [2.24, 2.45) is 5.73 Å². The highest BCUT2D eigenvalue weighted by atomic mass is 19.4. The van der Waals surface area contributed by atoms with Crippen LogP contribution in [0.5, 0.6) is 5.75 Å². The molecular formula is C15H18F3NO2. The van der Waals surface area contributed by atoms with Crippen LogP contribution in [0.15, 0.2) is 24.3 Å². The van der Waals surface area contributed by atoms with E-state index in [9.17, 15) is 18.0 Å². The highest BCUT2D eigenvalue weighted by molar-refractivity contribution is 5.97. The van der Waals surface area contributed by atoms with Gasteiger partial charge in [0.25, 0.3) is 0 Å². The van der Waals surface area contributed by atoms with E-state index in [0.29, 0.717) is 0 Å². The summed E-state index contributed by atoms with van der Waals surface area (Å²) in [7, 11) is 0. The van der Waals surface area contributed by atoms with Crippen molar-refractivity contribution in [1.82, 2.24) is 0 Å². The van der Waals surface area contributed by atoms with Gasteiger partial charge in [0.05, 0.1) is 0 Å². The van der Waals surface area contributed by atoms with E-state index < -0.39 is 11.9 Å². The van der Waals surface area contributed by atoms with Gasteiger partial charge in [-0.15, -0.1) is 13.2 Å². The highest BCUT2D eigenvalue weighted by Crippen LogP contribution is 2.30. The number of halogens is 3. The van der Waals surface area contributed by atoms with Crippen molar-refractivity contribution in [1.29, 1.82) is 0 Å². The molecule has 2 N–H and O–H groups in total. The predicted octanol–water partition coefficient (Wildman–Crippen LogP) is 3.82. The van der Waals surface area contributed by atoms with Gasteiger partial charge in [-0.3, -0.25) is 4.79 Å². The lowest BCUT2D eigenvalue weighted by atomic mass is 9.78. The van der Waals surface area contributed by atoms with Crippen LogP contribution in [0.2, 0.25) is 0 Å². The van der Waals surface area contributed by atoms with E-state index in [1.807, 2.05) is 0 Å². The summed E-state index contributed by atoms with van der Waals surface area (Å²) in [6.45, 7) is 0. The third-order valence-electron chi connectivity index (χ3n) is 3.75. The van der Waals surface area contributed by atoms with E-state index in [1.165, 1.54) is 18.2 Å². The maximum absolute atomic E-state index is 12.2. The Bertz CT molecular complexity index is 508. The number of hydrogen-bond acceptors (Lipinski definition) is 3. The van der Waals surface area contributed by atoms with Crippen molar-refractivity contribution < 1.29 is 22.7 Å². The summed E-state index contributed by atoms with van der Waals surface area (Å²) in [5.74, 6) is -0.630. The lowest BCUT2D eigenvalue weighted by molar-refractivity contribution is -0.274. The van der Waals surface area contributed by atoms with Crippen LogP contribution in [0.3, 0.4) is 0 Å². The quantitative estimate of drug-likeness (QED) is 0.860. The van der Waals surface area contributed by atoms with Crippen LogP contribution in [-0.4, -0.2) is 17.7 Å². The summed E-state index contributed by atoms with van der Waals surface area (Å²) >= 11 is 0. The molecule has 6 heteroatoms. The Labute approximate surface area is 121 Å². The molecule has 1 aliphatic carbocycles. The van der Waals surface area contributed by atoms with Gasteiger partial charge in [-0.05, 0) is 25.0 Å². The Morgan fingerprint density at radius 3 is 2.52 bits per heavy atom. The Kier molecular flexibility index (Phi) is 4.56. The number of nitrogens with two attached hydrogens (primary N) is 1. The summed E-state index contributed by atoms with van der Waals surface area (Å²) in [5, 5.41) is 0. The molecule has 1 fully saturated rings. The first-order chi connectivity index (χ1) is 9.77. The van der Waals surface area contributed by atoms with Crippen molar-refractivity contribution in [2.75, 3.05) is 0 Å². The van der Waals surface area contributed by atoms with Gasteiger partial charge in [0, 0.05) is 17.5 Å². The van der Waals surface area contributed by atoms with Gasteiger partial charge in [0.2, 0.25) is 0 Å². The van der Waals surface area contributed by atoms with Gasteiger partial charge in [0.15, 0.2) is 5.78 Å². The lowest BCUT2D eigenvalue weighted by Crippen LogP contribution is -2.43. The van der Waals surface area contributed by atoms with Crippen LogP contribution in [0.25, 0.3) is 0 Å². The molecule has 0 radical (unpaired) electrons. The van der Waals surface area contributed by atoms with Crippen LogP contribution in [0, 0.1) is 0 Å². The second-order valence-electron chi connectivity index (χ2n) is 5.60. The molecule has 3 nitrogen and oxygen atoms in total. The molecule has 1 aliphatic rings. The number of carbonyl (C=O) groups is 1. The standard InChI is InChI=1S/C15H18F3NO2/c16-15(17,18)21-12-6-4-5-11(9-12)13(20)10-14(19)7-2-1-3-8-14/h4-6,9H,1-3,7-8,10,19H2. The molecule has 1 aromatic carbocycles. The number of ether oxygens (including phenoxy) is 1. The summed E-state index contributed by atoms with van der Waals surface area (Å²) in [6, 6.07) is 5.14. The first kappa shape index (κ1) is 15.8. The Morgan fingerprint density at radius 1 is 1.24 bits per heavy atom. The second kappa shape index (κ2) is 6.05. The van der Waals surface area contributed by atoms with Crippen molar-refractivity contribution in [2.45, 2.75) is 50.4 Å². The van der Waals surface area contributed by atoms with E-state index in [0.717, 1.165) is 38.2 Å². The van der Waals surface area contributed by atoms with Crippen molar-refractivity contribution >= 4 is 5.78 Å². The van der Waals surface area contributed by atoms with Gasteiger partial charge in [0.1, 0.15) is 5.75 Å². The van der Waals surface area contributed by atoms with Crippen LogP contribution >= 0.6 is 0 Å². The molecule has 0 spiro atoms. The molecule has 0 heterocycles. The van der Waals surface area contributed by atoms with E-state index in [1.54, 1.807) is 0 Å². The first-order valence-electron chi connectivity index (χ1n) is 6.95. The van der Waals surface area contributed by atoms with Crippen molar-refractivity contribution in [3.8, 4) is 5.75 Å². The number of carbonyl (C=O) groups excluding carboxylic acids is 1. The van der Waals surface area contributed by atoms with E-state index in [2.05, 4.69) is 4.74 Å². The highest BCUT2D eigenvalue weighted by Gasteiger charge is 2.32. The van der Waals surface area contributed by atoms with Crippen molar-refractivity contribution in [3.63, 3.8) is 0 Å². The van der Waals surface area contributed by atoms with Crippen LogP contribution in [0.1, 0.15) is 48.9 Å². The molecule has 0 saturated heterocycles. The maximum atomic E-state index is 12.2. The van der Waals surface area contributed by atoms with Gasteiger partial charge < -0.3 is 10.5 Å². The smallest absolute Gasteiger partial charge is 0.406 e. The molecule has 2 rings (SSSR count). The Morgan fingerprint density at radius 2 is 1.90 bits per heavy atom. The van der Waals surface area contributed by atoms with E-state index in [4.69, 9.17) is 5.73 Å². The minimum absolute atomic E-state index is 0.155. The number of rotatable bonds is 4.